The van der Waals surface area contributed by atoms with E-state index in [-0.39, 0.29) is 36.2 Å². The van der Waals surface area contributed by atoms with Gasteiger partial charge in [-0.1, -0.05) is 19.4 Å². The number of benzene rings is 1. The highest BCUT2D eigenvalue weighted by molar-refractivity contribution is 6.25. The fourth-order valence-electron chi connectivity index (χ4n) is 6.02. The van der Waals surface area contributed by atoms with Crippen molar-refractivity contribution in [2.75, 3.05) is 32.5 Å². The Morgan fingerprint density at radius 3 is 2.49 bits per heavy atom. The minimum absolute atomic E-state index is 0.000568. The van der Waals surface area contributed by atoms with Gasteiger partial charge in [-0.2, -0.15) is 0 Å². The smallest absolute Gasteiger partial charge is 0.255 e. The predicted octanol–water partition coefficient (Wildman–Crippen LogP) is 0.449. The van der Waals surface area contributed by atoms with Crippen LogP contribution in [0.25, 0.3) is 0 Å². The Hall–Kier alpha value is -3.74. The molecule has 0 saturated heterocycles. The average molecular weight is 543 g/mol. The van der Waals surface area contributed by atoms with E-state index < -0.39 is 69.7 Å². The van der Waals surface area contributed by atoms with Crippen LogP contribution in [0.4, 0.5) is 5.69 Å². The van der Waals surface area contributed by atoms with Crippen LogP contribution in [0.3, 0.4) is 0 Å². The molecule has 1 aromatic carbocycles. The van der Waals surface area contributed by atoms with Crippen LogP contribution in [0.15, 0.2) is 34.8 Å². The molecule has 2 unspecified atom stereocenters. The maximum absolute atomic E-state index is 13.7. The third kappa shape index (κ3) is 4.48. The zero-order chi connectivity index (χ0) is 28.8. The third-order valence-electron chi connectivity index (χ3n) is 7.86. The van der Waals surface area contributed by atoms with Gasteiger partial charge in [-0.15, -0.1) is 0 Å². The molecule has 0 heterocycles. The number of primary amides is 1. The molecule has 0 aromatic heterocycles. The van der Waals surface area contributed by atoms with Gasteiger partial charge in [0, 0.05) is 11.5 Å². The summed E-state index contributed by atoms with van der Waals surface area (Å²) in [7, 11) is 3.14. The summed E-state index contributed by atoms with van der Waals surface area (Å²) in [6.07, 6.45) is 2.04. The maximum Gasteiger partial charge on any atom is 0.255 e. The van der Waals surface area contributed by atoms with E-state index in [0.717, 1.165) is 12.8 Å². The predicted molar refractivity (Wildman–Crippen MR) is 140 cm³/mol. The summed E-state index contributed by atoms with van der Waals surface area (Å²) >= 11 is 0. The van der Waals surface area contributed by atoms with Gasteiger partial charge in [0.2, 0.25) is 11.7 Å². The molecular weight excluding hydrogens is 508 g/mol. The minimum atomic E-state index is -2.70. The monoisotopic (exact) mass is 542 g/mol. The van der Waals surface area contributed by atoms with E-state index in [1.54, 1.807) is 20.2 Å². The average Bonchev–Trinajstić information content (AvgIpc) is 2.85. The van der Waals surface area contributed by atoms with E-state index in [2.05, 4.69) is 10.6 Å². The third-order valence-corrected chi connectivity index (χ3v) is 7.86. The number of aliphatic hydroxyl groups is 3. The van der Waals surface area contributed by atoms with Crippen molar-refractivity contribution in [1.82, 2.24) is 10.2 Å². The lowest BCUT2D eigenvalue weighted by molar-refractivity contribution is -0.148. The second kappa shape index (κ2) is 10.4. The van der Waals surface area contributed by atoms with Crippen LogP contribution < -0.4 is 16.4 Å². The Bertz CT molecular complexity index is 1320. The molecule has 0 aliphatic heterocycles. The van der Waals surface area contributed by atoms with Gasteiger partial charge in [-0.3, -0.25) is 24.1 Å². The zero-order valence-corrected chi connectivity index (χ0v) is 22.1. The molecular formula is C27H34N4O8. The van der Waals surface area contributed by atoms with Gasteiger partial charge in [-0.05, 0) is 57.5 Å². The van der Waals surface area contributed by atoms with E-state index in [1.165, 1.54) is 11.0 Å². The molecule has 12 heteroatoms. The van der Waals surface area contributed by atoms with Crippen LogP contribution in [-0.2, 0) is 20.8 Å². The summed E-state index contributed by atoms with van der Waals surface area (Å²) < 4.78 is 0. The molecule has 210 valence electrons. The molecule has 0 radical (unpaired) electrons. The van der Waals surface area contributed by atoms with Crippen molar-refractivity contribution in [2.24, 2.45) is 17.6 Å². The SMILES string of the molecule is CCCCNCC(=O)Nc1ccc2c(c1O)C(=O)C1=C(O)[C@]3(O)C(=O)C(C(N)=O)=C(O)[C@@H](N(C)C)C3CC1C2. The molecule has 3 aliphatic carbocycles. The zero-order valence-electron chi connectivity index (χ0n) is 22.1. The molecule has 12 nitrogen and oxygen atoms in total. The second-order valence-electron chi connectivity index (χ2n) is 10.5. The summed E-state index contributed by atoms with van der Waals surface area (Å²) in [5, 5.41) is 50.2. The van der Waals surface area contributed by atoms with Crippen molar-refractivity contribution in [2.45, 2.75) is 44.2 Å². The molecule has 0 bridgehead atoms. The molecule has 0 spiro atoms. The van der Waals surface area contributed by atoms with Crippen LogP contribution in [-0.4, -0.2) is 87.5 Å². The Balaban J connectivity index is 1.74. The van der Waals surface area contributed by atoms with E-state index in [1.807, 2.05) is 6.92 Å². The van der Waals surface area contributed by atoms with Crippen LogP contribution in [0, 0.1) is 11.8 Å². The number of allylic oxidation sites excluding steroid dienone is 1. The van der Waals surface area contributed by atoms with E-state index >= 15 is 0 Å². The highest BCUT2D eigenvalue weighted by Crippen LogP contribution is 2.52. The molecule has 3 aliphatic rings. The number of fused-ring (bicyclic) bond motifs is 3. The standard InChI is InChI=1S/C27H34N4O8/c1-4-5-8-29-11-16(32)30-15-7-6-12-9-13-10-14-20(31(2)3)23(35)19(26(28)38)25(37)27(14,39)24(36)18(13)22(34)17(12)21(15)33/h6-7,13-14,20,29,33,35-36,39H,4-5,8-11H2,1-3H3,(H2,28,38)(H,30,32)/t13?,14?,20-,27-/m0/s1. The number of Topliss-reactive ketones (excluding diaryl/α,β-unsaturated/α-hetero) is 2. The number of ketones is 2. The lowest BCUT2D eigenvalue weighted by atomic mass is 9.58. The van der Waals surface area contributed by atoms with Gasteiger partial charge in [0.25, 0.3) is 5.91 Å². The van der Waals surface area contributed by atoms with Crippen LogP contribution in [0.5, 0.6) is 5.75 Å². The summed E-state index contributed by atoms with van der Waals surface area (Å²) in [5.41, 5.74) is 1.83. The molecule has 4 atom stereocenters. The number of likely N-dealkylation sites (N-methyl/N-ethyl adjacent to an activating group) is 1. The first kappa shape index (κ1) is 28.3. The van der Waals surface area contributed by atoms with Gasteiger partial charge in [-0.25, -0.2) is 0 Å². The molecule has 1 aromatic rings. The summed E-state index contributed by atoms with van der Waals surface area (Å²) in [6, 6.07) is 2.03. The first-order valence-corrected chi connectivity index (χ1v) is 12.9. The number of carbonyl (C=O) groups is 4. The number of anilines is 1. The lowest BCUT2D eigenvalue weighted by Gasteiger charge is -2.50. The number of hydrogen-bond donors (Lipinski definition) is 7. The van der Waals surface area contributed by atoms with Crippen LogP contribution in [0.1, 0.15) is 42.1 Å². The van der Waals surface area contributed by atoms with Crippen LogP contribution in [0.2, 0.25) is 0 Å². The number of unbranched alkanes of at least 4 members (excludes halogenated alkanes) is 1. The number of hydrogen-bond acceptors (Lipinski definition) is 10. The highest BCUT2D eigenvalue weighted by Gasteiger charge is 2.63. The van der Waals surface area contributed by atoms with Crippen molar-refractivity contribution in [3.63, 3.8) is 0 Å². The quantitative estimate of drug-likeness (QED) is 0.137. The summed E-state index contributed by atoms with van der Waals surface area (Å²) in [4.78, 5) is 52.9. The van der Waals surface area contributed by atoms with E-state index in [0.29, 0.717) is 12.1 Å². The number of phenols is 1. The molecule has 39 heavy (non-hydrogen) atoms. The summed E-state index contributed by atoms with van der Waals surface area (Å²) in [5.74, 6) is -7.60. The Kier molecular flexibility index (Phi) is 7.57. The second-order valence-corrected chi connectivity index (χ2v) is 10.5. The number of rotatable bonds is 8. The van der Waals surface area contributed by atoms with E-state index in [4.69, 9.17) is 5.73 Å². The van der Waals surface area contributed by atoms with Crippen molar-refractivity contribution in [3.05, 3.63) is 45.9 Å². The number of aliphatic hydroxyl groups excluding tert-OH is 2. The first-order chi connectivity index (χ1) is 18.4. The fraction of sp³-hybridized carbons (Fsp3) is 0.481. The minimum Gasteiger partial charge on any atom is -0.510 e. The van der Waals surface area contributed by atoms with Crippen molar-refractivity contribution >= 4 is 29.1 Å². The van der Waals surface area contributed by atoms with Gasteiger partial charge in [0.1, 0.15) is 17.1 Å². The number of phenolic OH excluding ortho intramolecular Hbond substituents is 1. The molecule has 0 saturated carbocycles. The van der Waals surface area contributed by atoms with Gasteiger partial charge >= 0.3 is 0 Å². The maximum atomic E-state index is 13.7. The molecule has 4 rings (SSSR count). The fourth-order valence-corrected chi connectivity index (χ4v) is 6.02. The Morgan fingerprint density at radius 1 is 1.18 bits per heavy atom. The lowest BCUT2D eigenvalue weighted by Crippen LogP contribution is -2.63. The van der Waals surface area contributed by atoms with Crippen molar-refractivity contribution < 1.29 is 39.6 Å². The Morgan fingerprint density at radius 2 is 1.87 bits per heavy atom. The van der Waals surface area contributed by atoms with E-state index in [9.17, 15) is 39.6 Å². The number of nitrogens with two attached hydrogens (primary N) is 1. The highest BCUT2D eigenvalue weighted by atomic mass is 16.3. The Labute approximate surface area is 225 Å². The summed E-state index contributed by atoms with van der Waals surface area (Å²) in [6.45, 7) is 2.68. The largest absolute Gasteiger partial charge is 0.510 e. The van der Waals surface area contributed by atoms with Gasteiger partial charge in [0.05, 0.1) is 23.8 Å². The number of carbonyl (C=O) groups excluding carboxylic acids is 4. The normalized spacial score (nSPS) is 26.3. The first-order valence-electron chi connectivity index (χ1n) is 12.9. The topological polar surface area (TPSA) is 203 Å². The number of nitrogens with zero attached hydrogens (tertiary/aromatic N) is 1. The molecule has 2 amide bonds. The number of aromatic hydroxyl groups is 1. The molecule has 0 fully saturated rings. The van der Waals surface area contributed by atoms with Crippen molar-refractivity contribution in [1.29, 1.82) is 0 Å². The van der Waals surface area contributed by atoms with Gasteiger partial charge in [0.15, 0.2) is 17.1 Å². The van der Waals surface area contributed by atoms with Gasteiger partial charge < -0.3 is 36.8 Å². The number of amides is 2. The molecule has 8 N–H and O–H groups in total. The number of nitrogens with one attached hydrogen (secondary N) is 2. The van der Waals surface area contributed by atoms with Crippen molar-refractivity contribution in [3.8, 4) is 5.75 Å². The van der Waals surface area contributed by atoms with Crippen LogP contribution >= 0.6 is 0 Å².